The first kappa shape index (κ1) is 13.6. The van der Waals surface area contributed by atoms with Gasteiger partial charge in [-0.3, -0.25) is 4.79 Å². The summed E-state index contributed by atoms with van der Waals surface area (Å²) in [6.07, 6.45) is 8.02. The first-order chi connectivity index (χ1) is 9.17. The zero-order valence-corrected chi connectivity index (χ0v) is 11.0. The molecule has 0 saturated heterocycles. The molecule has 3 heteroatoms. The number of nitrogens with one attached hydrogen (secondary N) is 1. The van der Waals surface area contributed by atoms with E-state index in [2.05, 4.69) is 5.32 Å². The van der Waals surface area contributed by atoms with Crippen molar-refractivity contribution in [3.8, 4) is 0 Å². The summed E-state index contributed by atoms with van der Waals surface area (Å²) in [5, 5.41) is 11.9. The maximum absolute atomic E-state index is 11.7. The Balaban J connectivity index is 1.84. The van der Waals surface area contributed by atoms with E-state index in [-0.39, 0.29) is 24.5 Å². The van der Waals surface area contributed by atoms with E-state index >= 15 is 0 Å². The summed E-state index contributed by atoms with van der Waals surface area (Å²) in [6, 6.07) is 8.03. The molecule has 1 amide bonds. The molecular formula is C16H19NO2. The van der Waals surface area contributed by atoms with Crippen LogP contribution in [0.5, 0.6) is 0 Å². The second kappa shape index (κ2) is 6.34. The monoisotopic (exact) mass is 257 g/mol. The minimum atomic E-state index is -0.103. The van der Waals surface area contributed by atoms with Crippen LogP contribution in [0.1, 0.15) is 17.5 Å². The van der Waals surface area contributed by atoms with Crippen molar-refractivity contribution < 1.29 is 9.90 Å². The van der Waals surface area contributed by atoms with Gasteiger partial charge in [-0.05, 0) is 25.0 Å². The fourth-order valence-electron chi connectivity index (χ4n) is 2.10. The molecule has 0 aromatic heterocycles. The number of hydrogen-bond donors (Lipinski definition) is 2. The van der Waals surface area contributed by atoms with Crippen molar-refractivity contribution in [2.75, 3.05) is 6.61 Å². The molecule has 1 aromatic carbocycles. The number of aliphatic hydroxyl groups is 1. The lowest BCUT2D eigenvalue weighted by molar-refractivity contribution is -0.116. The molecular weight excluding hydrogens is 238 g/mol. The van der Waals surface area contributed by atoms with Crippen molar-refractivity contribution in [2.45, 2.75) is 19.4 Å². The molecule has 0 bridgehead atoms. The fraction of sp³-hybridized carbons (Fsp3) is 0.312. The molecule has 1 aromatic rings. The van der Waals surface area contributed by atoms with Crippen LogP contribution < -0.4 is 5.32 Å². The maximum atomic E-state index is 11.7. The third-order valence-electron chi connectivity index (χ3n) is 3.24. The van der Waals surface area contributed by atoms with Crippen LogP contribution >= 0.6 is 0 Å². The van der Waals surface area contributed by atoms with Crippen LogP contribution in [-0.2, 0) is 4.79 Å². The van der Waals surface area contributed by atoms with Crippen LogP contribution in [0, 0.1) is 12.8 Å². The smallest absolute Gasteiger partial charge is 0.244 e. The van der Waals surface area contributed by atoms with Crippen LogP contribution in [-0.4, -0.2) is 23.7 Å². The molecule has 0 aliphatic heterocycles. The lowest BCUT2D eigenvalue weighted by Gasteiger charge is -2.10. The number of carbonyl (C=O) groups excluding carboxylic acids is 1. The highest BCUT2D eigenvalue weighted by atomic mass is 16.3. The van der Waals surface area contributed by atoms with Crippen molar-refractivity contribution >= 4 is 12.0 Å². The summed E-state index contributed by atoms with van der Waals surface area (Å²) >= 11 is 0. The van der Waals surface area contributed by atoms with Gasteiger partial charge in [0.15, 0.2) is 0 Å². The number of carbonyl (C=O) groups is 1. The van der Waals surface area contributed by atoms with Crippen LogP contribution in [0.3, 0.4) is 0 Å². The Bertz CT molecular complexity index is 488. The van der Waals surface area contributed by atoms with Gasteiger partial charge in [0, 0.05) is 24.6 Å². The van der Waals surface area contributed by atoms with Gasteiger partial charge in [-0.1, -0.05) is 42.0 Å². The van der Waals surface area contributed by atoms with Crippen molar-refractivity contribution in [2.24, 2.45) is 5.92 Å². The number of hydrogen-bond acceptors (Lipinski definition) is 2. The van der Waals surface area contributed by atoms with E-state index in [1.807, 2.05) is 43.3 Å². The normalized spacial score (nSPS) is 22.0. The molecule has 0 heterocycles. The first-order valence-electron chi connectivity index (χ1n) is 6.52. The predicted molar refractivity (Wildman–Crippen MR) is 76.5 cm³/mol. The average molecular weight is 257 g/mol. The lowest BCUT2D eigenvalue weighted by atomic mass is 10.1. The fourth-order valence-corrected chi connectivity index (χ4v) is 2.10. The first-order valence-corrected chi connectivity index (χ1v) is 6.52. The van der Waals surface area contributed by atoms with Crippen molar-refractivity contribution in [3.63, 3.8) is 0 Å². The standard InChI is InChI=1S/C16H19NO2/c1-12-2-4-13(5-3-12)7-9-16(19)17-15-8-6-14(10-15)11-18/h2-9,14-15,18H,10-11H2,1H3,(H,17,19)/b9-7+/t14-,15+/m0/s1. The SMILES string of the molecule is Cc1ccc(/C=C/C(=O)N[C@@H]2C=C[C@H](CO)C2)cc1. The highest BCUT2D eigenvalue weighted by Crippen LogP contribution is 2.16. The number of aliphatic hydroxyl groups excluding tert-OH is 1. The van der Waals surface area contributed by atoms with Gasteiger partial charge in [-0.25, -0.2) is 0 Å². The highest BCUT2D eigenvalue weighted by molar-refractivity contribution is 5.92. The van der Waals surface area contributed by atoms with Gasteiger partial charge in [0.1, 0.15) is 0 Å². The molecule has 0 saturated carbocycles. The third-order valence-corrected chi connectivity index (χ3v) is 3.24. The van der Waals surface area contributed by atoms with Gasteiger partial charge < -0.3 is 10.4 Å². The van der Waals surface area contributed by atoms with E-state index in [0.717, 1.165) is 12.0 Å². The predicted octanol–water partition coefficient (Wildman–Crippen LogP) is 2.06. The highest BCUT2D eigenvalue weighted by Gasteiger charge is 2.18. The van der Waals surface area contributed by atoms with E-state index in [9.17, 15) is 4.79 Å². The Labute approximate surface area is 113 Å². The van der Waals surface area contributed by atoms with Gasteiger partial charge in [-0.2, -0.15) is 0 Å². The topological polar surface area (TPSA) is 49.3 Å². The van der Waals surface area contributed by atoms with Gasteiger partial charge in [0.05, 0.1) is 0 Å². The van der Waals surface area contributed by atoms with E-state index in [4.69, 9.17) is 5.11 Å². The minimum absolute atomic E-state index is 0.0346. The third kappa shape index (κ3) is 4.07. The van der Waals surface area contributed by atoms with Gasteiger partial charge in [-0.15, -0.1) is 0 Å². The summed E-state index contributed by atoms with van der Waals surface area (Å²) < 4.78 is 0. The Morgan fingerprint density at radius 2 is 2.11 bits per heavy atom. The molecule has 0 spiro atoms. The quantitative estimate of drug-likeness (QED) is 0.641. The van der Waals surface area contributed by atoms with Crippen molar-refractivity contribution in [1.29, 1.82) is 0 Å². The van der Waals surface area contributed by atoms with E-state index < -0.39 is 0 Å². The lowest BCUT2D eigenvalue weighted by Crippen LogP contribution is -2.31. The molecule has 1 aliphatic carbocycles. The Hall–Kier alpha value is -1.87. The van der Waals surface area contributed by atoms with Gasteiger partial charge in [0.25, 0.3) is 0 Å². The molecule has 0 fully saturated rings. The Kier molecular flexibility index (Phi) is 4.53. The van der Waals surface area contributed by atoms with Crippen molar-refractivity contribution in [1.82, 2.24) is 5.32 Å². The van der Waals surface area contributed by atoms with Crippen LogP contribution in [0.25, 0.3) is 6.08 Å². The molecule has 1 aliphatic rings. The van der Waals surface area contributed by atoms with Crippen LogP contribution in [0.2, 0.25) is 0 Å². The van der Waals surface area contributed by atoms with Crippen LogP contribution in [0.4, 0.5) is 0 Å². The average Bonchev–Trinajstić information content (AvgIpc) is 2.86. The number of rotatable bonds is 4. The largest absolute Gasteiger partial charge is 0.396 e. The van der Waals surface area contributed by atoms with Crippen LogP contribution in [0.15, 0.2) is 42.5 Å². The van der Waals surface area contributed by atoms with E-state index in [1.165, 1.54) is 5.56 Å². The number of amides is 1. The molecule has 0 unspecified atom stereocenters. The van der Waals surface area contributed by atoms with Gasteiger partial charge >= 0.3 is 0 Å². The second-order valence-electron chi connectivity index (χ2n) is 4.92. The van der Waals surface area contributed by atoms with Crippen molar-refractivity contribution in [3.05, 3.63) is 53.6 Å². The molecule has 2 atom stereocenters. The number of benzene rings is 1. The van der Waals surface area contributed by atoms with E-state index in [1.54, 1.807) is 12.2 Å². The van der Waals surface area contributed by atoms with E-state index in [0.29, 0.717) is 0 Å². The summed E-state index contributed by atoms with van der Waals surface area (Å²) in [5.41, 5.74) is 2.21. The molecule has 3 nitrogen and oxygen atoms in total. The Morgan fingerprint density at radius 3 is 2.74 bits per heavy atom. The molecule has 2 rings (SSSR count). The summed E-state index contributed by atoms with van der Waals surface area (Å²) in [5.74, 6) is 0.0696. The number of aryl methyl sites for hydroxylation is 1. The molecule has 0 radical (unpaired) electrons. The Morgan fingerprint density at radius 1 is 1.37 bits per heavy atom. The van der Waals surface area contributed by atoms with Gasteiger partial charge in [0.2, 0.25) is 5.91 Å². The molecule has 100 valence electrons. The summed E-state index contributed by atoms with van der Waals surface area (Å²) in [4.78, 5) is 11.7. The summed E-state index contributed by atoms with van der Waals surface area (Å²) in [6.45, 7) is 2.17. The zero-order chi connectivity index (χ0) is 13.7. The minimum Gasteiger partial charge on any atom is -0.396 e. The zero-order valence-electron chi connectivity index (χ0n) is 11.0. The summed E-state index contributed by atoms with van der Waals surface area (Å²) in [7, 11) is 0. The molecule has 19 heavy (non-hydrogen) atoms. The maximum Gasteiger partial charge on any atom is 0.244 e. The molecule has 2 N–H and O–H groups in total. The second-order valence-corrected chi connectivity index (χ2v) is 4.92.